The standard InChI is InChI=1S/C10H18N2OS2/c1-12(8-2-3-11-6-8)10(13)9-7-14-4-5-15-9/h8-9,11H,2-7H2,1H3. The molecule has 0 saturated carbocycles. The maximum Gasteiger partial charge on any atom is 0.236 e. The van der Waals surface area contributed by atoms with Crippen LogP contribution in [0.3, 0.4) is 0 Å². The lowest BCUT2D eigenvalue weighted by molar-refractivity contribution is -0.130. The molecule has 2 heterocycles. The first-order valence-electron chi connectivity index (χ1n) is 5.46. The van der Waals surface area contributed by atoms with Crippen molar-refractivity contribution >= 4 is 29.4 Å². The average Bonchev–Trinajstić information content (AvgIpc) is 2.82. The van der Waals surface area contributed by atoms with E-state index in [0.29, 0.717) is 11.9 Å². The van der Waals surface area contributed by atoms with E-state index in [-0.39, 0.29) is 5.25 Å². The number of nitrogens with one attached hydrogen (secondary N) is 1. The molecule has 2 aliphatic heterocycles. The van der Waals surface area contributed by atoms with E-state index in [2.05, 4.69) is 5.32 Å². The Labute approximate surface area is 99.7 Å². The van der Waals surface area contributed by atoms with Crippen molar-refractivity contribution in [2.75, 3.05) is 37.4 Å². The molecule has 0 radical (unpaired) electrons. The first-order chi connectivity index (χ1) is 7.29. The molecule has 86 valence electrons. The zero-order valence-corrected chi connectivity index (χ0v) is 10.7. The second-order valence-corrected chi connectivity index (χ2v) is 6.49. The summed E-state index contributed by atoms with van der Waals surface area (Å²) in [5, 5.41) is 3.51. The maximum atomic E-state index is 12.1. The molecule has 2 fully saturated rings. The molecule has 2 atom stereocenters. The number of nitrogens with zero attached hydrogens (tertiary/aromatic N) is 1. The lowest BCUT2D eigenvalue weighted by Gasteiger charge is -2.29. The molecule has 1 N–H and O–H groups in total. The fraction of sp³-hybridized carbons (Fsp3) is 0.900. The smallest absolute Gasteiger partial charge is 0.236 e. The normalized spacial score (nSPS) is 31.5. The largest absolute Gasteiger partial charge is 0.340 e. The summed E-state index contributed by atoms with van der Waals surface area (Å²) in [5.41, 5.74) is 0. The minimum Gasteiger partial charge on any atom is -0.340 e. The van der Waals surface area contributed by atoms with E-state index in [4.69, 9.17) is 0 Å². The van der Waals surface area contributed by atoms with Gasteiger partial charge in [0, 0.05) is 36.9 Å². The third-order valence-corrected chi connectivity index (χ3v) is 5.76. The summed E-state index contributed by atoms with van der Waals surface area (Å²) in [6.45, 7) is 2.02. The van der Waals surface area contributed by atoms with Gasteiger partial charge in [-0.15, -0.1) is 11.8 Å². The van der Waals surface area contributed by atoms with Gasteiger partial charge in [-0.3, -0.25) is 4.79 Å². The van der Waals surface area contributed by atoms with E-state index < -0.39 is 0 Å². The van der Waals surface area contributed by atoms with Crippen molar-refractivity contribution in [1.29, 1.82) is 0 Å². The first-order valence-corrected chi connectivity index (χ1v) is 7.66. The van der Waals surface area contributed by atoms with Gasteiger partial charge in [-0.1, -0.05) is 0 Å². The van der Waals surface area contributed by atoms with Gasteiger partial charge in [-0.05, 0) is 13.0 Å². The van der Waals surface area contributed by atoms with Gasteiger partial charge in [-0.25, -0.2) is 0 Å². The number of likely N-dealkylation sites (N-methyl/N-ethyl adjacent to an activating group) is 1. The van der Waals surface area contributed by atoms with E-state index in [1.165, 1.54) is 5.75 Å². The van der Waals surface area contributed by atoms with Crippen molar-refractivity contribution in [3.05, 3.63) is 0 Å². The van der Waals surface area contributed by atoms with Crippen molar-refractivity contribution < 1.29 is 4.79 Å². The summed E-state index contributed by atoms with van der Waals surface area (Å²) < 4.78 is 0. The molecule has 2 saturated heterocycles. The van der Waals surface area contributed by atoms with Gasteiger partial charge in [0.1, 0.15) is 0 Å². The van der Waals surface area contributed by atoms with Crippen molar-refractivity contribution in [3.63, 3.8) is 0 Å². The first kappa shape index (κ1) is 11.6. The highest BCUT2D eigenvalue weighted by Crippen LogP contribution is 2.26. The zero-order chi connectivity index (χ0) is 10.7. The van der Waals surface area contributed by atoms with Crippen LogP contribution < -0.4 is 5.32 Å². The Morgan fingerprint density at radius 2 is 2.33 bits per heavy atom. The number of carbonyl (C=O) groups is 1. The van der Waals surface area contributed by atoms with Crippen LogP contribution in [-0.4, -0.2) is 59.5 Å². The fourth-order valence-electron chi connectivity index (χ4n) is 2.01. The Balaban J connectivity index is 1.87. The van der Waals surface area contributed by atoms with Crippen molar-refractivity contribution in [1.82, 2.24) is 10.2 Å². The van der Waals surface area contributed by atoms with E-state index in [0.717, 1.165) is 31.0 Å². The summed E-state index contributed by atoms with van der Waals surface area (Å²) in [7, 11) is 1.96. The molecule has 2 rings (SSSR count). The highest BCUT2D eigenvalue weighted by atomic mass is 32.2. The Morgan fingerprint density at radius 1 is 1.47 bits per heavy atom. The summed E-state index contributed by atoms with van der Waals surface area (Å²) in [6.07, 6.45) is 1.10. The van der Waals surface area contributed by atoms with Gasteiger partial charge >= 0.3 is 0 Å². The van der Waals surface area contributed by atoms with Crippen LogP contribution >= 0.6 is 23.5 Å². The van der Waals surface area contributed by atoms with E-state index >= 15 is 0 Å². The van der Waals surface area contributed by atoms with Gasteiger partial charge in [0.05, 0.1) is 5.25 Å². The number of thioether (sulfide) groups is 2. The Kier molecular flexibility index (Phi) is 4.22. The highest BCUT2D eigenvalue weighted by Gasteiger charge is 2.30. The maximum absolute atomic E-state index is 12.1. The summed E-state index contributed by atoms with van der Waals surface area (Å²) in [5.74, 6) is 3.65. The molecule has 0 spiro atoms. The second kappa shape index (κ2) is 5.46. The molecule has 0 aromatic carbocycles. The average molecular weight is 246 g/mol. The molecule has 0 aliphatic carbocycles. The van der Waals surface area contributed by atoms with Gasteiger partial charge in [-0.2, -0.15) is 11.8 Å². The summed E-state index contributed by atoms with van der Waals surface area (Å²) in [4.78, 5) is 14.1. The summed E-state index contributed by atoms with van der Waals surface area (Å²) >= 11 is 3.73. The number of amides is 1. The second-order valence-electron chi connectivity index (χ2n) is 4.03. The Hall–Kier alpha value is 0.130. The van der Waals surface area contributed by atoms with Crippen LogP contribution in [0.4, 0.5) is 0 Å². The molecule has 2 unspecified atom stereocenters. The minimum absolute atomic E-state index is 0.203. The molecule has 0 aromatic heterocycles. The number of hydrogen-bond acceptors (Lipinski definition) is 4. The van der Waals surface area contributed by atoms with E-state index in [9.17, 15) is 4.79 Å². The van der Waals surface area contributed by atoms with Gasteiger partial charge < -0.3 is 10.2 Å². The quantitative estimate of drug-likeness (QED) is 0.776. The van der Waals surface area contributed by atoms with E-state index in [1.54, 1.807) is 0 Å². The van der Waals surface area contributed by atoms with Crippen LogP contribution in [0.5, 0.6) is 0 Å². The lowest BCUT2D eigenvalue weighted by atomic mass is 10.2. The van der Waals surface area contributed by atoms with Crippen LogP contribution in [-0.2, 0) is 4.79 Å². The van der Waals surface area contributed by atoms with E-state index in [1.807, 2.05) is 35.5 Å². The number of hydrogen-bond donors (Lipinski definition) is 1. The van der Waals surface area contributed by atoms with Crippen LogP contribution in [0.2, 0.25) is 0 Å². The predicted molar refractivity (Wildman–Crippen MR) is 67.6 cm³/mol. The molecular formula is C10H18N2OS2. The summed E-state index contributed by atoms with van der Waals surface area (Å²) in [6, 6.07) is 0.421. The zero-order valence-electron chi connectivity index (χ0n) is 9.07. The molecular weight excluding hydrogens is 228 g/mol. The van der Waals surface area contributed by atoms with Gasteiger partial charge in [0.25, 0.3) is 0 Å². The fourth-order valence-corrected chi connectivity index (χ4v) is 4.65. The predicted octanol–water partition coefficient (Wildman–Crippen LogP) is 0.655. The molecule has 3 nitrogen and oxygen atoms in total. The van der Waals surface area contributed by atoms with Gasteiger partial charge in [0.15, 0.2) is 0 Å². The van der Waals surface area contributed by atoms with Crippen LogP contribution in [0, 0.1) is 0 Å². The van der Waals surface area contributed by atoms with Crippen molar-refractivity contribution in [2.45, 2.75) is 17.7 Å². The molecule has 2 aliphatic rings. The Bertz CT molecular complexity index is 225. The van der Waals surface area contributed by atoms with Crippen molar-refractivity contribution in [3.8, 4) is 0 Å². The minimum atomic E-state index is 0.203. The van der Waals surface area contributed by atoms with Crippen LogP contribution in [0.15, 0.2) is 0 Å². The third kappa shape index (κ3) is 2.82. The molecule has 0 aromatic rings. The molecule has 5 heteroatoms. The van der Waals surface area contributed by atoms with Gasteiger partial charge in [0.2, 0.25) is 5.91 Å². The highest BCUT2D eigenvalue weighted by molar-refractivity contribution is 8.07. The SMILES string of the molecule is CN(C(=O)C1CSCCS1)C1CCNC1. The van der Waals surface area contributed by atoms with Crippen molar-refractivity contribution in [2.24, 2.45) is 0 Å². The third-order valence-electron chi connectivity index (χ3n) is 3.02. The molecule has 1 amide bonds. The van der Waals surface area contributed by atoms with Crippen LogP contribution in [0.25, 0.3) is 0 Å². The topological polar surface area (TPSA) is 32.3 Å². The number of carbonyl (C=O) groups excluding carboxylic acids is 1. The lowest BCUT2D eigenvalue weighted by Crippen LogP contribution is -2.44. The Morgan fingerprint density at radius 3 is 2.93 bits per heavy atom. The molecule has 15 heavy (non-hydrogen) atoms. The number of rotatable bonds is 2. The van der Waals surface area contributed by atoms with Crippen LogP contribution in [0.1, 0.15) is 6.42 Å². The monoisotopic (exact) mass is 246 g/mol. The molecule has 0 bridgehead atoms.